The normalized spacial score (nSPS) is 12.4. The Morgan fingerprint density at radius 3 is 1.32 bits per heavy atom. The first-order chi connectivity index (χ1) is 16.7. The number of rotatable bonds is 2. The molecule has 8 aromatic rings. The van der Waals surface area contributed by atoms with Crippen LogP contribution >= 0.6 is 68.0 Å². The molecule has 0 saturated carbocycles. The molecule has 0 nitrogen and oxygen atoms in total. The molecule has 164 valence electrons. The minimum Gasteiger partial charge on any atom is -0.205 e. The van der Waals surface area contributed by atoms with Crippen molar-refractivity contribution in [1.82, 2.24) is 0 Å². The third-order valence-electron chi connectivity index (χ3n) is 6.07. The number of thiophene rings is 6. The second kappa shape index (κ2) is 7.16. The summed E-state index contributed by atoms with van der Waals surface area (Å²) in [4.78, 5) is 3.37. The smallest absolute Gasteiger partial charge is 0.150 e. The molecule has 0 aliphatic carbocycles. The predicted molar refractivity (Wildman–Crippen MR) is 152 cm³/mol. The van der Waals surface area contributed by atoms with Crippen molar-refractivity contribution in [3.8, 4) is 19.5 Å². The van der Waals surface area contributed by atoms with E-state index in [-0.39, 0.29) is 11.6 Å². The Labute approximate surface area is 215 Å². The summed E-state index contributed by atoms with van der Waals surface area (Å²) in [5, 5.41) is 7.68. The molecule has 0 spiro atoms. The van der Waals surface area contributed by atoms with Gasteiger partial charge in [0.1, 0.15) is 0 Å². The van der Waals surface area contributed by atoms with Gasteiger partial charge in [0.25, 0.3) is 0 Å². The molecule has 0 radical (unpaired) electrons. The highest BCUT2D eigenvalue weighted by molar-refractivity contribution is 7.37. The third-order valence-corrected chi connectivity index (χ3v) is 12.9. The molecule has 6 heterocycles. The Morgan fingerprint density at radius 2 is 0.912 bits per heavy atom. The minimum absolute atomic E-state index is 0.122. The predicted octanol–water partition coefficient (Wildman–Crippen LogP) is 11.4. The molecule has 2 aromatic carbocycles. The molecule has 0 bridgehead atoms. The largest absolute Gasteiger partial charge is 0.205 e. The van der Waals surface area contributed by atoms with Gasteiger partial charge in [0.05, 0.1) is 19.2 Å². The summed E-state index contributed by atoms with van der Waals surface area (Å²) in [7, 11) is 0. The molecular formula is C26H10F2S6. The summed E-state index contributed by atoms with van der Waals surface area (Å²) in [6, 6.07) is 16.2. The molecule has 0 amide bonds. The lowest BCUT2D eigenvalue weighted by Gasteiger charge is -1.94. The van der Waals surface area contributed by atoms with Gasteiger partial charge < -0.3 is 0 Å². The van der Waals surface area contributed by atoms with Gasteiger partial charge in [0, 0.05) is 50.1 Å². The van der Waals surface area contributed by atoms with E-state index in [9.17, 15) is 0 Å². The topological polar surface area (TPSA) is 0 Å². The minimum atomic E-state index is -0.122. The zero-order valence-electron chi connectivity index (χ0n) is 17.0. The average molecular weight is 553 g/mol. The Hall–Kier alpha value is -2.20. The number of hydrogen-bond acceptors (Lipinski definition) is 6. The van der Waals surface area contributed by atoms with Crippen LogP contribution in [0.5, 0.6) is 0 Å². The molecule has 0 atom stereocenters. The number of benzene rings is 2. The molecule has 0 unspecified atom stereocenters. The van der Waals surface area contributed by atoms with E-state index in [0.717, 1.165) is 39.3 Å². The quantitative estimate of drug-likeness (QED) is 0.200. The van der Waals surface area contributed by atoms with Crippen LogP contribution in [0.15, 0.2) is 59.3 Å². The van der Waals surface area contributed by atoms with Gasteiger partial charge in [-0.25, -0.2) is 8.78 Å². The Bertz CT molecular complexity index is 1880. The lowest BCUT2D eigenvalue weighted by Crippen LogP contribution is -1.73. The average Bonchev–Trinajstić information content (AvgIpc) is 3.66. The van der Waals surface area contributed by atoms with Crippen LogP contribution in [-0.2, 0) is 0 Å². The van der Waals surface area contributed by atoms with E-state index in [2.05, 4.69) is 12.1 Å². The van der Waals surface area contributed by atoms with Crippen molar-refractivity contribution < 1.29 is 8.78 Å². The van der Waals surface area contributed by atoms with Gasteiger partial charge in [-0.15, -0.1) is 68.0 Å². The fraction of sp³-hybridized carbons (Fsp3) is 0. The van der Waals surface area contributed by atoms with E-state index in [1.807, 2.05) is 47.2 Å². The summed E-state index contributed by atoms with van der Waals surface area (Å²) in [5.74, 6) is -0.245. The zero-order valence-corrected chi connectivity index (χ0v) is 21.9. The van der Waals surface area contributed by atoms with Crippen molar-refractivity contribution in [2.24, 2.45) is 0 Å². The van der Waals surface area contributed by atoms with E-state index < -0.39 is 0 Å². The Kier molecular flexibility index (Phi) is 4.22. The summed E-state index contributed by atoms with van der Waals surface area (Å²) in [5.41, 5.74) is 0. The van der Waals surface area contributed by atoms with Crippen LogP contribution in [-0.4, -0.2) is 0 Å². The van der Waals surface area contributed by atoms with Gasteiger partial charge in [-0.05, 0) is 47.2 Å². The van der Waals surface area contributed by atoms with Crippen molar-refractivity contribution in [2.45, 2.75) is 0 Å². The Balaban J connectivity index is 1.38. The SMILES string of the molecule is Fc1c(-c2cccs2)sc2cc3c(cc12)sc1c2cc4sc(-c5cccs5)c(F)c4cc2sc31. The lowest BCUT2D eigenvalue weighted by molar-refractivity contribution is 0.647. The van der Waals surface area contributed by atoms with Crippen LogP contribution in [0.25, 0.3) is 69.3 Å². The highest BCUT2D eigenvalue weighted by atomic mass is 32.1. The monoisotopic (exact) mass is 552 g/mol. The van der Waals surface area contributed by atoms with Gasteiger partial charge in [0.15, 0.2) is 11.6 Å². The number of halogens is 2. The molecule has 0 saturated heterocycles. The molecule has 8 rings (SSSR count). The molecule has 34 heavy (non-hydrogen) atoms. The second-order valence-electron chi connectivity index (χ2n) is 8.00. The first-order valence-electron chi connectivity index (χ1n) is 10.4. The van der Waals surface area contributed by atoms with Crippen molar-refractivity contribution in [1.29, 1.82) is 0 Å². The van der Waals surface area contributed by atoms with Gasteiger partial charge in [-0.2, -0.15) is 0 Å². The summed E-state index contributed by atoms with van der Waals surface area (Å²) < 4.78 is 37.1. The second-order valence-corrected chi connectivity index (χ2v) is 14.1. The maximum atomic E-state index is 15.3. The maximum Gasteiger partial charge on any atom is 0.150 e. The van der Waals surface area contributed by atoms with Crippen molar-refractivity contribution in [3.63, 3.8) is 0 Å². The Morgan fingerprint density at radius 1 is 0.500 bits per heavy atom. The summed E-state index contributed by atoms with van der Waals surface area (Å²) in [6.07, 6.45) is 0. The number of fused-ring (bicyclic) bond motifs is 7. The zero-order chi connectivity index (χ0) is 22.6. The van der Waals surface area contributed by atoms with E-state index in [1.54, 1.807) is 45.3 Å². The number of hydrogen-bond donors (Lipinski definition) is 0. The molecule has 0 N–H and O–H groups in total. The highest BCUT2D eigenvalue weighted by Gasteiger charge is 2.21. The molecule has 0 aliphatic heterocycles. The third kappa shape index (κ3) is 2.69. The van der Waals surface area contributed by atoms with Crippen LogP contribution in [0.4, 0.5) is 8.78 Å². The van der Waals surface area contributed by atoms with Gasteiger partial charge >= 0.3 is 0 Å². The van der Waals surface area contributed by atoms with Crippen molar-refractivity contribution >= 4 is 118 Å². The molecule has 0 fully saturated rings. The van der Waals surface area contributed by atoms with E-state index in [4.69, 9.17) is 0 Å². The standard InChI is InChI=1S/C26H10F2S6/c27-21-11-7-19-13(9-17(11)33-25(21)15-3-1-5-29-15)23-24(31-19)14-10-18-12(8-20(14)32-23)22(28)26(34-18)16-4-2-6-30-16/h1-10H. The van der Waals surface area contributed by atoms with Gasteiger partial charge in [0.2, 0.25) is 0 Å². The first kappa shape index (κ1) is 20.0. The first-order valence-corrected chi connectivity index (χ1v) is 15.4. The van der Waals surface area contributed by atoms with Gasteiger partial charge in [-0.1, -0.05) is 12.1 Å². The van der Waals surface area contributed by atoms with E-state index in [1.165, 1.54) is 32.1 Å². The van der Waals surface area contributed by atoms with E-state index in [0.29, 0.717) is 20.5 Å². The lowest BCUT2D eigenvalue weighted by atomic mass is 10.1. The molecule has 0 aliphatic rings. The molecule has 8 heteroatoms. The van der Waals surface area contributed by atoms with Crippen molar-refractivity contribution in [3.05, 3.63) is 70.9 Å². The molecular weight excluding hydrogens is 543 g/mol. The van der Waals surface area contributed by atoms with Crippen LogP contribution < -0.4 is 0 Å². The summed E-state index contributed by atoms with van der Waals surface area (Å²) in [6.45, 7) is 0. The van der Waals surface area contributed by atoms with Crippen molar-refractivity contribution in [2.75, 3.05) is 0 Å². The fourth-order valence-corrected chi connectivity index (χ4v) is 11.1. The van der Waals surface area contributed by atoms with Crippen LogP contribution in [0.2, 0.25) is 0 Å². The van der Waals surface area contributed by atoms with Crippen LogP contribution in [0, 0.1) is 11.6 Å². The molecule has 6 aromatic heterocycles. The highest BCUT2D eigenvalue weighted by Crippen LogP contribution is 2.50. The van der Waals surface area contributed by atoms with E-state index >= 15 is 8.78 Å². The maximum absolute atomic E-state index is 15.3. The fourth-order valence-electron chi connectivity index (χ4n) is 4.51. The van der Waals surface area contributed by atoms with Crippen LogP contribution in [0.3, 0.4) is 0 Å². The van der Waals surface area contributed by atoms with Gasteiger partial charge in [-0.3, -0.25) is 0 Å². The van der Waals surface area contributed by atoms with Crippen LogP contribution in [0.1, 0.15) is 0 Å². The summed E-state index contributed by atoms with van der Waals surface area (Å²) >= 11 is 9.59.